The van der Waals surface area contributed by atoms with E-state index in [1.54, 1.807) is 0 Å². The molecule has 0 aliphatic heterocycles. The Labute approximate surface area is 102 Å². The number of hydrogen-bond donors (Lipinski definition) is 3. The van der Waals surface area contributed by atoms with Crippen LogP contribution in [-0.2, 0) is 10.1 Å². The SMILES string of the molecule is C#CCN(C)CCCNC(=O)O.CS(=O)(=O)O. The number of nitrogens with zero attached hydrogens (tertiary/aromatic N) is 1. The topological polar surface area (TPSA) is 107 Å². The van der Waals surface area contributed by atoms with E-state index in [1.165, 1.54) is 0 Å². The highest BCUT2D eigenvalue weighted by Gasteiger charge is 1.96. The average Bonchev–Trinajstić information content (AvgIpc) is 2.10. The van der Waals surface area contributed by atoms with Crippen molar-refractivity contribution < 1.29 is 22.9 Å². The van der Waals surface area contributed by atoms with Crippen molar-refractivity contribution >= 4 is 16.2 Å². The van der Waals surface area contributed by atoms with Gasteiger partial charge in [-0.25, -0.2) is 4.79 Å². The van der Waals surface area contributed by atoms with Crippen molar-refractivity contribution in [2.45, 2.75) is 6.42 Å². The maximum atomic E-state index is 10.0. The van der Waals surface area contributed by atoms with Crippen molar-refractivity contribution in [1.29, 1.82) is 0 Å². The van der Waals surface area contributed by atoms with Crippen LogP contribution in [0.4, 0.5) is 4.79 Å². The van der Waals surface area contributed by atoms with Crippen LogP contribution in [-0.4, -0.2) is 62.0 Å². The highest BCUT2D eigenvalue weighted by atomic mass is 32.2. The van der Waals surface area contributed by atoms with E-state index in [0.29, 0.717) is 19.3 Å². The minimum absolute atomic E-state index is 0.476. The number of nitrogens with one attached hydrogen (secondary N) is 1. The molecule has 0 aliphatic rings. The zero-order chi connectivity index (χ0) is 13.9. The van der Waals surface area contributed by atoms with E-state index in [1.807, 2.05) is 11.9 Å². The first-order valence-electron chi connectivity index (χ1n) is 4.68. The molecule has 0 atom stereocenters. The zero-order valence-electron chi connectivity index (χ0n) is 9.88. The van der Waals surface area contributed by atoms with Gasteiger partial charge in [-0.05, 0) is 13.5 Å². The molecule has 0 aromatic heterocycles. The summed E-state index contributed by atoms with van der Waals surface area (Å²) in [5, 5.41) is 10.5. The molecule has 0 aromatic rings. The summed E-state index contributed by atoms with van der Waals surface area (Å²) in [6.07, 6.45) is 5.60. The Morgan fingerprint density at radius 2 is 2.00 bits per heavy atom. The van der Waals surface area contributed by atoms with Crippen LogP contribution >= 0.6 is 0 Å². The van der Waals surface area contributed by atoms with E-state index in [4.69, 9.17) is 16.1 Å². The van der Waals surface area contributed by atoms with Gasteiger partial charge in [-0.3, -0.25) is 9.45 Å². The van der Waals surface area contributed by atoms with Crippen LogP contribution in [0.15, 0.2) is 0 Å². The van der Waals surface area contributed by atoms with Crippen LogP contribution in [0.3, 0.4) is 0 Å². The molecule has 0 saturated carbocycles. The molecule has 0 unspecified atom stereocenters. The molecule has 0 aliphatic carbocycles. The number of rotatable bonds is 5. The molecule has 0 radical (unpaired) electrons. The lowest BCUT2D eigenvalue weighted by atomic mass is 10.4. The van der Waals surface area contributed by atoms with Gasteiger partial charge in [-0.2, -0.15) is 8.42 Å². The quantitative estimate of drug-likeness (QED) is 0.359. The molecule has 17 heavy (non-hydrogen) atoms. The molecular weight excluding hydrogens is 248 g/mol. The molecule has 0 spiro atoms. The molecule has 0 rings (SSSR count). The summed E-state index contributed by atoms with van der Waals surface area (Å²) in [5.41, 5.74) is 0. The predicted molar refractivity (Wildman–Crippen MR) is 64.4 cm³/mol. The number of amides is 1. The summed E-state index contributed by atoms with van der Waals surface area (Å²) >= 11 is 0. The summed E-state index contributed by atoms with van der Waals surface area (Å²) in [4.78, 5) is 12.0. The normalized spacial score (nSPS) is 10.1. The van der Waals surface area contributed by atoms with Crippen molar-refractivity contribution in [1.82, 2.24) is 10.2 Å². The Kier molecular flexibility index (Phi) is 10.5. The first-order valence-corrected chi connectivity index (χ1v) is 6.53. The van der Waals surface area contributed by atoms with Crippen LogP contribution in [0.5, 0.6) is 0 Å². The van der Waals surface area contributed by atoms with E-state index in [-0.39, 0.29) is 0 Å². The molecule has 7 nitrogen and oxygen atoms in total. The Bertz CT molecular complexity index is 339. The Morgan fingerprint density at radius 1 is 1.53 bits per heavy atom. The van der Waals surface area contributed by atoms with E-state index in [9.17, 15) is 13.2 Å². The number of carbonyl (C=O) groups is 1. The van der Waals surface area contributed by atoms with E-state index in [0.717, 1.165) is 13.0 Å². The van der Waals surface area contributed by atoms with Gasteiger partial charge in [0, 0.05) is 13.1 Å². The molecular formula is C9H18N2O5S. The fraction of sp³-hybridized carbons (Fsp3) is 0.667. The van der Waals surface area contributed by atoms with Gasteiger partial charge in [-0.15, -0.1) is 6.42 Å². The minimum atomic E-state index is -3.67. The molecule has 3 N–H and O–H groups in total. The summed E-state index contributed by atoms with van der Waals surface area (Å²) in [7, 11) is -1.76. The van der Waals surface area contributed by atoms with Crippen molar-refractivity contribution in [3.05, 3.63) is 0 Å². The van der Waals surface area contributed by atoms with Crippen LogP contribution in [0.1, 0.15) is 6.42 Å². The lowest BCUT2D eigenvalue weighted by Crippen LogP contribution is -2.27. The molecule has 0 bridgehead atoms. The molecule has 8 heteroatoms. The number of hydrogen-bond acceptors (Lipinski definition) is 4. The van der Waals surface area contributed by atoms with Crippen LogP contribution < -0.4 is 5.32 Å². The fourth-order valence-electron chi connectivity index (χ4n) is 0.779. The molecule has 1 amide bonds. The van der Waals surface area contributed by atoms with Gasteiger partial charge in [0.1, 0.15) is 0 Å². The summed E-state index contributed by atoms with van der Waals surface area (Å²) in [6, 6.07) is 0. The van der Waals surface area contributed by atoms with E-state index >= 15 is 0 Å². The Morgan fingerprint density at radius 3 is 2.35 bits per heavy atom. The van der Waals surface area contributed by atoms with Crippen molar-refractivity contribution in [3.63, 3.8) is 0 Å². The highest BCUT2D eigenvalue weighted by Crippen LogP contribution is 1.84. The van der Waals surface area contributed by atoms with Gasteiger partial charge in [0.15, 0.2) is 0 Å². The van der Waals surface area contributed by atoms with Crippen LogP contribution in [0, 0.1) is 12.3 Å². The lowest BCUT2D eigenvalue weighted by Gasteiger charge is -2.12. The smallest absolute Gasteiger partial charge is 0.404 e. The van der Waals surface area contributed by atoms with Gasteiger partial charge in [0.25, 0.3) is 10.1 Å². The Balaban J connectivity index is 0. The third kappa shape index (κ3) is 31.3. The predicted octanol–water partition coefficient (Wildman–Crippen LogP) is -0.287. The van der Waals surface area contributed by atoms with Crippen molar-refractivity contribution in [2.75, 3.05) is 32.9 Å². The highest BCUT2D eigenvalue weighted by molar-refractivity contribution is 7.85. The van der Waals surface area contributed by atoms with Gasteiger partial charge in [0.05, 0.1) is 12.8 Å². The minimum Gasteiger partial charge on any atom is -0.465 e. The van der Waals surface area contributed by atoms with Gasteiger partial charge < -0.3 is 10.4 Å². The van der Waals surface area contributed by atoms with Crippen LogP contribution in [0.25, 0.3) is 0 Å². The third-order valence-electron chi connectivity index (χ3n) is 1.35. The van der Waals surface area contributed by atoms with Crippen molar-refractivity contribution in [2.24, 2.45) is 0 Å². The maximum absolute atomic E-state index is 10.0. The number of terminal acetylenes is 1. The second-order valence-corrected chi connectivity index (χ2v) is 4.73. The van der Waals surface area contributed by atoms with Gasteiger partial charge >= 0.3 is 6.09 Å². The maximum Gasteiger partial charge on any atom is 0.404 e. The van der Waals surface area contributed by atoms with E-state index in [2.05, 4.69) is 11.2 Å². The third-order valence-corrected chi connectivity index (χ3v) is 1.35. The molecule has 100 valence electrons. The van der Waals surface area contributed by atoms with E-state index < -0.39 is 16.2 Å². The van der Waals surface area contributed by atoms with Gasteiger partial charge in [-0.1, -0.05) is 5.92 Å². The molecule has 0 saturated heterocycles. The lowest BCUT2D eigenvalue weighted by molar-refractivity contribution is 0.194. The molecule has 0 aromatic carbocycles. The van der Waals surface area contributed by atoms with Gasteiger partial charge in [0.2, 0.25) is 0 Å². The molecule has 0 fully saturated rings. The average molecular weight is 266 g/mol. The zero-order valence-corrected chi connectivity index (χ0v) is 10.7. The standard InChI is InChI=1S/C8H14N2O2.CH4O3S/c1-3-6-10(2)7-4-5-9-8(11)12;1-5(2,3)4/h1,9H,4-7H2,2H3,(H,11,12);1H3,(H,2,3,4). The van der Waals surface area contributed by atoms with Crippen LogP contribution in [0.2, 0.25) is 0 Å². The second-order valence-electron chi connectivity index (χ2n) is 3.26. The summed E-state index contributed by atoms with van der Waals surface area (Å²) in [5.74, 6) is 2.51. The first-order chi connectivity index (χ1) is 7.66. The molecule has 0 heterocycles. The summed E-state index contributed by atoms with van der Waals surface area (Å²) < 4.78 is 25.9. The fourth-order valence-corrected chi connectivity index (χ4v) is 0.779. The first kappa shape index (κ1) is 18.1. The second kappa shape index (κ2) is 9.89. The monoisotopic (exact) mass is 266 g/mol. The Hall–Kier alpha value is -1.30. The largest absolute Gasteiger partial charge is 0.465 e. The van der Waals surface area contributed by atoms with Crippen molar-refractivity contribution in [3.8, 4) is 12.3 Å². The number of carboxylic acid groups (broad SMARTS) is 1. The summed E-state index contributed by atoms with van der Waals surface area (Å²) in [6.45, 7) is 1.89.